The van der Waals surface area contributed by atoms with Crippen LogP contribution in [0.15, 0.2) is 0 Å². The van der Waals surface area contributed by atoms with E-state index in [9.17, 15) is 9.59 Å². The van der Waals surface area contributed by atoms with Crippen LogP contribution in [-0.2, 0) is 14.3 Å². The fourth-order valence-electron chi connectivity index (χ4n) is 1.86. The van der Waals surface area contributed by atoms with Crippen LogP contribution in [0.1, 0.15) is 13.8 Å². The molecule has 0 N–H and O–H groups in total. The Hall–Kier alpha value is -0.580. The molecule has 5 heteroatoms. The van der Waals surface area contributed by atoms with Crippen LogP contribution in [0.3, 0.4) is 0 Å². The van der Waals surface area contributed by atoms with Gasteiger partial charge in [-0.3, -0.25) is 9.59 Å². The summed E-state index contributed by atoms with van der Waals surface area (Å²) in [5.74, 6) is -0.189. The van der Waals surface area contributed by atoms with Crippen molar-refractivity contribution in [2.45, 2.75) is 18.7 Å². The van der Waals surface area contributed by atoms with Gasteiger partial charge in [0, 0.05) is 13.1 Å². The van der Waals surface area contributed by atoms with E-state index in [1.807, 2.05) is 6.92 Å². The van der Waals surface area contributed by atoms with Crippen LogP contribution >= 0.6 is 15.9 Å². The molecule has 1 amide bonds. The third-order valence-corrected chi connectivity index (χ3v) is 3.16. The van der Waals surface area contributed by atoms with E-state index >= 15 is 0 Å². The van der Waals surface area contributed by atoms with Gasteiger partial charge in [0.2, 0.25) is 5.91 Å². The van der Waals surface area contributed by atoms with Crippen molar-refractivity contribution >= 4 is 27.8 Å². The van der Waals surface area contributed by atoms with Gasteiger partial charge in [0.25, 0.3) is 0 Å². The molecule has 1 rings (SSSR count). The van der Waals surface area contributed by atoms with Gasteiger partial charge in [0.05, 0.1) is 17.9 Å². The minimum absolute atomic E-state index is 0.0354. The van der Waals surface area contributed by atoms with Gasteiger partial charge in [-0.05, 0) is 12.8 Å². The van der Waals surface area contributed by atoms with Crippen LogP contribution in [0.4, 0.5) is 0 Å². The number of ether oxygens (including phenoxy) is 1. The van der Waals surface area contributed by atoms with Crippen molar-refractivity contribution < 1.29 is 14.3 Å². The Morgan fingerprint density at radius 1 is 1.47 bits per heavy atom. The van der Waals surface area contributed by atoms with Crippen molar-refractivity contribution in [2.24, 2.45) is 11.8 Å². The Morgan fingerprint density at radius 3 is 2.53 bits per heavy atom. The Morgan fingerprint density at radius 2 is 2.07 bits per heavy atom. The van der Waals surface area contributed by atoms with E-state index in [1.165, 1.54) is 7.11 Å². The molecule has 1 fully saturated rings. The number of carbonyl (C=O) groups is 2. The Balaban J connectivity index is 2.63. The van der Waals surface area contributed by atoms with Gasteiger partial charge in [-0.1, -0.05) is 22.9 Å². The lowest BCUT2D eigenvalue weighted by Gasteiger charge is -2.17. The molecule has 3 atom stereocenters. The number of rotatable bonds is 2. The third kappa shape index (κ3) is 2.71. The molecule has 1 saturated heterocycles. The highest BCUT2D eigenvalue weighted by Crippen LogP contribution is 2.25. The molecule has 86 valence electrons. The zero-order valence-corrected chi connectivity index (χ0v) is 10.8. The number of halogens is 1. The van der Waals surface area contributed by atoms with Crippen LogP contribution < -0.4 is 0 Å². The Labute approximate surface area is 98.1 Å². The van der Waals surface area contributed by atoms with Crippen molar-refractivity contribution in [3.8, 4) is 0 Å². The van der Waals surface area contributed by atoms with Crippen molar-refractivity contribution in [3.05, 3.63) is 0 Å². The second-order valence-corrected chi connectivity index (χ2v) is 5.34. The number of likely N-dealkylation sites (tertiary alicyclic amines) is 1. The average Bonchev–Trinajstić information content (AvgIpc) is 2.57. The SMILES string of the molecule is COC(=O)C1CN(C(=O)C(C)Br)CC1C. The molecule has 15 heavy (non-hydrogen) atoms. The monoisotopic (exact) mass is 277 g/mol. The zero-order chi connectivity index (χ0) is 11.6. The number of carbonyl (C=O) groups excluding carboxylic acids is 2. The van der Waals surface area contributed by atoms with E-state index in [1.54, 1.807) is 11.8 Å². The average molecular weight is 278 g/mol. The number of alkyl halides is 1. The normalized spacial score (nSPS) is 27.6. The molecule has 0 radical (unpaired) electrons. The molecule has 1 aliphatic rings. The summed E-state index contributed by atoms with van der Waals surface area (Å²) >= 11 is 3.24. The standard InChI is InChI=1S/C10H16BrNO3/c1-6-4-12(9(13)7(2)11)5-8(6)10(14)15-3/h6-8H,4-5H2,1-3H3. The van der Waals surface area contributed by atoms with Gasteiger partial charge in [-0.2, -0.15) is 0 Å². The quantitative estimate of drug-likeness (QED) is 0.560. The zero-order valence-electron chi connectivity index (χ0n) is 9.20. The first kappa shape index (κ1) is 12.5. The molecule has 1 heterocycles. The van der Waals surface area contributed by atoms with Gasteiger partial charge >= 0.3 is 5.97 Å². The van der Waals surface area contributed by atoms with Gasteiger partial charge in [-0.25, -0.2) is 0 Å². The highest BCUT2D eigenvalue weighted by Gasteiger charge is 2.38. The molecule has 0 aromatic carbocycles. The van der Waals surface area contributed by atoms with E-state index in [-0.39, 0.29) is 28.5 Å². The molecule has 4 nitrogen and oxygen atoms in total. The van der Waals surface area contributed by atoms with Crippen LogP contribution in [0.5, 0.6) is 0 Å². The maximum Gasteiger partial charge on any atom is 0.310 e. The smallest absolute Gasteiger partial charge is 0.310 e. The largest absolute Gasteiger partial charge is 0.469 e. The number of amides is 1. The van der Waals surface area contributed by atoms with Crippen molar-refractivity contribution in [3.63, 3.8) is 0 Å². The second kappa shape index (κ2) is 4.96. The van der Waals surface area contributed by atoms with Crippen LogP contribution in [0.2, 0.25) is 0 Å². The summed E-state index contributed by atoms with van der Waals surface area (Å²) in [7, 11) is 1.38. The maximum absolute atomic E-state index is 11.7. The first-order chi connectivity index (χ1) is 6.97. The highest BCUT2D eigenvalue weighted by molar-refractivity contribution is 9.10. The first-order valence-electron chi connectivity index (χ1n) is 4.98. The second-order valence-electron chi connectivity index (χ2n) is 3.97. The third-order valence-electron chi connectivity index (χ3n) is 2.77. The first-order valence-corrected chi connectivity index (χ1v) is 5.89. The topological polar surface area (TPSA) is 46.6 Å². The number of esters is 1. The molecule has 0 aromatic rings. The molecule has 0 spiro atoms. The van der Waals surface area contributed by atoms with Crippen molar-refractivity contribution in [2.75, 3.05) is 20.2 Å². The molecule has 1 aliphatic heterocycles. The number of hydrogen-bond acceptors (Lipinski definition) is 3. The van der Waals surface area contributed by atoms with E-state index in [2.05, 4.69) is 15.9 Å². The fraction of sp³-hybridized carbons (Fsp3) is 0.800. The van der Waals surface area contributed by atoms with E-state index in [0.717, 1.165) is 0 Å². The summed E-state index contributed by atoms with van der Waals surface area (Å²) in [5, 5.41) is 0. The molecular weight excluding hydrogens is 262 g/mol. The predicted molar refractivity (Wildman–Crippen MR) is 59.6 cm³/mol. The molecule has 0 saturated carbocycles. The fourth-order valence-corrected chi connectivity index (χ4v) is 2.15. The summed E-state index contributed by atoms with van der Waals surface area (Å²) in [6, 6.07) is 0. The van der Waals surface area contributed by atoms with Crippen LogP contribution in [-0.4, -0.2) is 41.8 Å². The number of hydrogen-bond donors (Lipinski definition) is 0. The van der Waals surface area contributed by atoms with Gasteiger partial charge in [0.15, 0.2) is 0 Å². The van der Waals surface area contributed by atoms with Crippen LogP contribution in [0, 0.1) is 11.8 Å². The number of methoxy groups -OCH3 is 1. The van der Waals surface area contributed by atoms with E-state index < -0.39 is 0 Å². The minimum atomic E-state index is -0.222. The molecule has 0 bridgehead atoms. The predicted octanol–water partition coefficient (Wildman–Crippen LogP) is 1.04. The van der Waals surface area contributed by atoms with Gasteiger partial charge < -0.3 is 9.64 Å². The Bertz CT molecular complexity index is 267. The number of nitrogens with zero attached hydrogens (tertiary/aromatic N) is 1. The Kier molecular flexibility index (Phi) is 4.13. The van der Waals surface area contributed by atoms with Crippen molar-refractivity contribution in [1.82, 2.24) is 4.90 Å². The summed E-state index contributed by atoms with van der Waals surface area (Å²) in [6.45, 7) is 4.86. The highest BCUT2D eigenvalue weighted by atomic mass is 79.9. The summed E-state index contributed by atoms with van der Waals surface area (Å²) in [4.78, 5) is 24.6. The molecule has 3 unspecified atom stereocenters. The molecule has 0 aromatic heterocycles. The van der Waals surface area contributed by atoms with E-state index in [0.29, 0.717) is 13.1 Å². The van der Waals surface area contributed by atoms with Crippen molar-refractivity contribution in [1.29, 1.82) is 0 Å². The lowest BCUT2D eigenvalue weighted by atomic mass is 9.99. The van der Waals surface area contributed by atoms with E-state index in [4.69, 9.17) is 4.74 Å². The van der Waals surface area contributed by atoms with Crippen LogP contribution in [0.25, 0.3) is 0 Å². The van der Waals surface area contributed by atoms with Gasteiger partial charge in [0.1, 0.15) is 0 Å². The maximum atomic E-state index is 11.7. The minimum Gasteiger partial charge on any atom is -0.469 e. The molecule has 0 aliphatic carbocycles. The lowest BCUT2D eigenvalue weighted by molar-refractivity contribution is -0.146. The summed E-state index contributed by atoms with van der Waals surface area (Å²) in [6.07, 6.45) is 0. The summed E-state index contributed by atoms with van der Waals surface area (Å²) in [5.41, 5.74) is 0. The van der Waals surface area contributed by atoms with Gasteiger partial charge in [-0.15, -0.1) is 0 Å². The summed E-state index contributed by atoms with van der Waals surface area (Å²) < 4.78 is 4.70. The lowest BCUT2D eigenvalue weighted by Crippen LogP contribution is -2.34. The molecular formula is C10H16BrNO3.